The Morgan fingerprint density at radius 3 is 2.57 bits per heavy atom. The van der Waals surface area contributed by atoms with Crippen molar-refractivity contribution in [2.75, 3.05) is 13.4 Å². The Kier molecular flexibility index (Phi) is 7.04. The Morgan fingerprint density at radius 2 is 1.95 bits per heavy atom. The SMILES string of the molecule is COC(=O)CCCCCCC1=C[C@@H](OS(C)(=O)=O)CC1=O. The zero-order valence-electron chi connectivity index (χ0n) is 12.5. The summed E-state index contributed by atoms with van der Waals surface area (Å²) in [6.45, 7) is 0. The maximum absolute atomic E-state index is 11.7. The molecule has 120 valence electrons. The van der Waals surface area contributed by atoms with E-state index < -0.39 is 16.2 Å². The van der Waals surface area contributed by atoms with Crippen LogP contribution in [0.1, 0.15) is 44.9 Å². The average Bonchev–Trinajstić information content (AvgIpc) is 2.71. The predicted molar refractivity (Wildman–Crippen MR) is 77.1 cm³/mol. The van der Waals surface area contributed by atoms with Gasteiger partial charge in [-0.3, -0.25) is 13.8 Å². The van der Waals surface area contributed by atoms with Gasteiger partial charge in [0.2, 0.25) is 0 Å². The van der Waals surface area contributed by atoms with Gasteiger partial charge in [0.1, 0.15) is 6.10 Å². The van der Waals surface area contributed by atoms with Crippen molar-refractivity contribution in [1.29, 1.82) is 0 Å². The van der Waals surface area contributed by atoms with E-state index >= 15 is 0 Å². The van der Waals surface area contributed by atoms with Gasteiger partial charge in [0.15, 0.2) is 5.78 Å². The number of esters is 1. The lowest BCUT2D eigenvalue weighted by Gasteiger charge is -2.04. The molecule has 0 aromatic carbocycles. The molecule has 6 nitrogen and oxygen atoms in total. The molecule has 0 saturated carbocycles. The fourth-order valence-corrected chi connectivity index (χ4v) is 2.81. The lowest BCUT2D eigenvalue weighted by molar-refractivity contribution is -0.140. The van der Waals surface area contributed by atoms with Gasteiger partial charge in [-0.05, 0) is 30.9 Å². The highest BCUT2D eigenvalue weighted by atomic mass is 32.2. The number of allylic oxidation sites excluding steroid dienone is 1. The van der Waals surface area contributed by atoms with Crippen LogP contribution in [-0.4, -0.2) is 39.6 Å². The topological polar surface area (TPSA) is 86.7 Å². The molecule has 0 spiro atoms. The molecule has 1 atom stereocenters. The second-order valence-electron chi connectivity index (χ2n) is 5.15. The van der Waals surface area contributed by atoms with Crippen molar-refractivity contribution in [3.8, 4) is 0 Å². The van der Waals surface area contributed by atoms with Crippen LogP contribution in [0.3, 0.4) is 0 Å². The van der Waals surface area contributed by atoms with E-state index in [1.807, 2.05) is 0 Å². The van der Waals surface area contributed by atoms with Crippen LogP contribution in [0.15, 0.2) is 11.6 Å². The summed E-state index contributed by atoms with van der Waals surface area (Å²) in [5.41, 5.74) is 0.650. The largest absolute Gasteiger partial charge is 0.469 e. The number of carbonyl (C=O) groups excluding carboxylic acids is 2. The molecule has 1 aliphatic carbocycles. The van der Waals surface area contributed by atoms with Crippen LogP contribution in [0, 0.1) is 0 Å². The first-order valence-corrected chi connectivity index (χ1v) is 8.82. The molecule has 0 bridgehead atoms. The molecule has 1 rings (SSSR count). The zero-order chi connectivity index (χ0) is 15.9. The van der Waals surface area contributed by atoms with Crippen molar-refractivity contribution in [3.05, 3.63) is 11.6 Å². The first-order valence-electron chi connectivity index (χ1n) is 7.01. The number of ketones is 1. The summed E-state index contributed by atoms with van der Waals surface area (Å²) in [6, 6.07) is 0. The van der Waals surface area contributed by atoms with Crippen molar-refractivity contribution >= 4 is 21.9 Å². The number of carbonyl (C=O) groups is 2. The summed E-state index contributed by atoms with van der Waals surface area (Å²) in [7, 11) is -2.17. The van der Waals surface area contributed by atoms with Gasteiger partial charge in [-0.2, -0.15) is 8.42 Å². The Balaban J connectivity index is 2.24. The summed E-state index contributed by atoms with van der Waals surface area (Å²) in [4.78, 5) is 22.6. The third-order valence-electron chi connectivity index (χ3n) is 3.23. The number of ether oxygens (including phenoxy) is 1. The standard InChI is InChI=1S/C14H22O6S/c1-19-14(16)8-6-4-3-5-7-11-9-12(10-13(11)15)20-21(2,17)18/h9,12H,3-8,10H2,1-2H3/t12-/m1/s1. The van der Waals surface area contributed by atoms with Gasteiger partial charge in [-0.1, -0.05) is 12.8 Å². The number of Topliss-reactive ketones (excluding diaryl/α,β-unsaturated/α-hetero) is 1. The smallest absolute Gasteiger partial charge is 0.305 e. The Morgan fingerprint density at radius 1 is 1.29 bits per heavy atom. The number of rotatable bonds is 9. The second kappa shape index (κ2) is 8.29. The number of methoxy groups -OCH3 is 1. The lowest BCUT2D eigenvalue weighted by atomic mass is 10.0. The van der Waals surface area contributed by atoms with Crippen molar-refractivity contribution in [2.24, 2.45) is 0 Å². The highest BCUT2D eigenvalue weighted by Crippen LogP contribution is 2.23. The van der Waals surface area contributed by atoms with Crippen LogP contribution < -0.4 is 0 Å². The number of unbranched alkanes of at least 4 members (excludes halogenated alkanes) is 3. The fourth-order valence-electron chi connectivity index (χ4n) is 2.24. The van der Waals surface area contributed by atoms with E-state index in [9.17, 15) is 18.0 Å². The zero-order valence-corrected chi connectivity index (χ0v) is 13.3. The number of hydrogen-bond donors (Lipinski definition) is 0. The van der Waals surface area contributed by atoms with Crippen LogP contribution in [0.5, 0.6) is 0 Å². The Labute approximate surface area is 125 Å². The maximum Gasteiger partial charge on any atom is 0.305 e. The summed E-state index contributed by atoms with van der Waals surface area (Å²) in [5, 5.41) is 0. The van der Waals surface area contributed by atoms with Crippen LogP contribution >= 0.6 is 0 Å². The van der Waals surface area contributed by atoms with Crippen LogP contribution in [0.4, 0.5) is 0 Å². The molecule has 1 aliphatic rings. The van der Waals surface area contributed by atoms with Gasteiger partial charge in [0, 0.05) is 12.8 Å². The van der Waals surface area contributed by atoms with E-state index in [0.717, 1.165) is 31.9 Å². The summed E-state index contributed by atoms with van der Waals surface area (Å²) in [6.07, 6.45) is 6.51. The van der Waals surface area contributed by atoms with Gasteiger partial charge in [0.05, 0.1) is 13.4 Å². The summed E-state index contributed by atoms with van der Waals surface area (Å²) >= 11 is 0. The first kappa shape index (κ1) is 17.8. The molecule has 0 saturated heterocycles. The quantitative estimate of drug-likeness (QED) is 0.366. The van der Waals surface area contributed by atoms with Gasteiger partial charge in [0.25, 0.3) is 10.1 Å². The van der Waals surface area contributed by atoms with E-state index in [2.05, 4.69) is 4.74 Å². The van der Waals surface area contributed by atoms with E-state index in [-0.39, 0.29) is 18.2 Å². The molecule has 0 aromatic rings. The normalized spacial score (nSPS) is 18.7. The lowest BCUT2D eigenvalue weighted by Crippen LogP contribution is -2.14. The molecule has 0 heterocycles. The fraction of sp³-hybridized carbons (Fsp3) is 0.714. The molecule has 7 heteroatoms. The van der Waals surface area contributed by atoms with E-state index in [0.29, 0.717) is 18.4 Å². The summed E-state index contributed by atoms with van der Waals surface area (Å²) in [5.74, 6) is -0.248. The average molecular weight is 318 g/mol. The van der Waals surface area contributed by atoms with Gasteiger partial charge in [-0.25, -0.2) is 0 Å². The van der Waals surface area contributed by atoms with Crippen LogP contribution in [-0.2, 0) is 28.6 Å². The van der Waals surface area contributed by atoms with Crippen LogP contribution in [0.2, 0.25) is 0 Å². The molecule has 0 N–H and O–H groups in total. The molecule has 0 aromatic heterocycles. The van der Waals surface area contributed by atoms with Crippen LogP contribution in [0.25, 0.3) is 0 Å². The highest BCUT2D eigenvalue weighted by Gasteiger charge is 2.26. The van der Waals surface area contributed by atoms with Crippen molar-refractivity contribution in [2.45, 2.75) is 51.0 Å². The predicted octanol–water partition coefficient (Wildman–Crippen LogP) is 1.74. The Bertz CT molecular complexity index is 506. The minimum atomic E-state index is -3.54. The van der Waals surface area contributed by atoms with Gasteiger partial charge in [-0.15, -0.1) is 0 Å². The summed E-state index contributed by atoms with van der Waals surface area (Å²) < 4.78 is 31.4. The molecular weight excluding hydrogens is 296 g/mol. The molecule has 21 heavy (non-hydrogen) atoms. The van der Waals surface area contributed by atoms with Crippen molar-refractivity contribution in [3.63, 3.8) is 0 Å². The highest BCUT2D eigenvalue weighted by molar-refractivity contribution is 7.86. The molecule has 0 amide bonds. The Hall–Kier alpha value is -1.21. The third kappa shape index (κ3) is 7.38. The monoisotopic (exact) mass is 318 g/mol. The number of hydrogen-bond acceptors (Lipinski definition) is 6. The molecule has 0 aliphatic heterocycles. The second-order valence-corrected chi connectivity index (χ2v) is 6.75. The molecule has 0 unspecified atom stereocenters. The molecule has 0 radical (unpaired) electrons. The van der Waals surface area contributed by atoms with Gasteiger partial charge >= 0.3 is 5.97 Å². The molecule has 0 fully saturated rings. The first-order chi connectivity index (χ1) is 9.81. The minimum absolute atomic E-state index is 0.0433. The van der Waals surface area contributed by atoms with E-state index in [4.69, 9.17) is 4.18 Å². The van der Waals surface area contributed by atoms with Crippen molar-refractivity contribution < 1.29 is 26.9 Å². The van der Waals surface area contributed by atoms with Crippen molar-refractivity contribution in [1.82, 2.24) is 0 Å². The van der Waals surface area contributed by atoms with Gasteiger partial charge < -0.3 is 4.74 Å². The minimum Gasteiger partial charge on any atom is -0.469 e. The maximum atomic E-state index is 11.7. The third-order valence-corrected chi connectivity index (χ3v) is 3.83. The van der Waals surface area contributed by atoms with E-state index in [1.165, 1.54) is 7.11 Å². The molecular formula is C14H22O6S. The van der Waals surface area contributed by atoms with E-state index in [1.54, 1.807) is 6.08 Å².